The van der Waals surface area contributed by atoms with Gasteiger partial charge in [0.1, 0.15) is 5.75 Å². The van der Waals surface area contributed by atoms with E-state index in [9.17, 15) is 4.79 Å². The molecule has 1 aromatic carbocycles. The van der Waals surface area contributed by atoms with Crippen LogP contribution in [0.25, 0.3) is 0 Å². The Kier molecular flexibility index (Phi) is 5.23. The van der Waals surface area contributed by atoms with E-state index in [0.29, 0.717) is 12.3 Å². The van der Waals surface area contributed by atoms with Gasteiger partial charge in [-0.2, -0.15) is 0 Å². The minimum absolute atomic E-state index is 0.00358. The molecule has 2 aliphatic heterocycles. The second-order valence-corrected chi connectivity index (χ2v) is 6.86. The van der Waals surface area contributed by atoms with E-state index in [1.54, 1.807) is 11.8 Å². The fourth-order valence-corrected chi connectivity index (χ4v) is 3.65. The number of hydrogen-bond donors (Lipinski definition) is 1. The average molecular weight is 321 g/mol. The lowest BCUT2D eigenvalue weighted by Crippen LogP contribution is -2.48. The Balaban J connectivity index is 1.41. The van der Waals surface area contributed by atoms with E-state index >= 15 is 0 Å². The van der Waals surface area contributed by atoms with Crippen molar-refractivity contribution in [2.75, 3.05) is 52.1 Å². The van der Waals surface area contributed by atoms with Gasteiger partial charge in [-0.05, 0) is 19.2 Å². The van der Waals surface area contributed by atoms with Crippen molar-refractivity contribution in [3.63, 3.8) is 0 Å². The summed E-state index contributed by atoms with van der Waals surface area (Å²) in [6.07, 6.45) is -0.382. The molecule has 1 saturated heterocycles. The van der Waals surface area contributed by atoms with Crippen LogP contribution in [0.5, 0.6) is 5.75 Å². The van der Waals surface area contributed by atoms with Crippen molar-refractivity contribution in [3.8, 4) is 5.75 Å². The molecule has 2 heterocycles. The van der Waals surface area contributed by atoms with Gasteiger partial charge in [0.25, 0.3) is 5.91 Å². The van der Waals surface area contributed by atoms with Gasteiger partial charge in [0.2, 0.25) is 0 Å². The number of thioether (sulfide) groups is 1. The van der Waals surface area contributed by atoms with Crippen molar-refractivity contribution in [2.24, 2.45) is 0 Å². The molecule has 1 atom stereocenters. The number of fused-ring (bicyclic) bond motifs is 1. The van der Waals surface area contributed by atoms with Gasteiger partial charge in [-0.25, -0.2) is 0 Å². The van der Waals surface area contributed by atoms with Gasteiger partial charge >= 0.3 is 0 Å². The lowest BCUT2D eigenvalue weighted by molar-refractivity contribution is -0.127. The molecule has 0 bridgehead atoms. The Labute approximate surface area is 136 Å². The van der Waals surface area contributed by atoms with E-state index in [1.807, 2.05) is 24.3 Å². The van der Waals surface area contributed by atoms with Crippen LogP contribution in [0.2, 0.25) is 0 Å². The zero-order valence-corrected chi connectivity index (χ0v) is 13.8. The third-order valence-electron chi connectivity index (χ3n) is 4.12. The molecule has 2 aliphatic rings. The predicted octanol–water partition coefficient (Wildman–Crippen LogP) is 0.903. The maximum absolute atomic E-state index is 12.2. The van der Waals surface area contributed by atoms with Crippen molar-refractivity contribution in [2.45, 2.75) is 11.0 Å². The summed E-state index contributed by atoms with van der Waals surface area (Å²) >= 11 is 1.69. The van der Waals surface area contributed by atoms with Crippen LogP contribution in [0.3, 0.4) is 0 Å². The van der Waals surface area contributed by atoms with Gasteiger partial charge in [0, 0.05) is 49.9 Å². The molecular weight excluding hydrogens is 298 g/mol. The quantitative estimate of drug-likeness (QED) is 0.893. The first kappa shape index (κ1) is 15.6. The number of amides is 1. The van der Waals surface area contributed by atoms with Crippen molar-refractivity contribution < 1.29 is 9.53 Å². The number of nitrogens with zero attached hydrogens (tertiary/aromatic N) is 2. The summed E-state index contributed by atoms with van der Waals surface area (Å²) in [7, 11) is 2.15. The van der Waals surface area contributed by atoms with Gasteiger partial charge in [0.05, 0.1) is 0 Å². The molecule has 0 radical (unpaired) electrons. The molecule has 120 valence electrons. The van der Waals surface area contributed by atoms with Crippen LogP contribution in [0.15, 0.2) is 29.2 Å². The number of benzene rings is 1. The molecule has 0 unspecified atom stereocenters. The highest BCUT2D eigenvalue weighted by molar-refractivity contribution is 7.99. The van der Waals surface area contributed by atoms with Crippen LogP contribution in [0, 0.1) is 0 Å². The summed E-state index contributed by atoms with van der Waals surface area (Å²) < 4.78 is 5.80. The molecule has 1 fully saturated rings. The summed E-state index contributed by atoms with van der Waals surface area (Å²) in [6.45, 7) is 5.97. The topological polar surface area (TPSA) is 44.8 Å². The Hall–Kier alpha value is -1.24. The number of hydrogen-bond acceptors (Lipinski definition) is 5. The van der Waals surface area contributed by atoms with Gasteiger partial charge in [-0.3, -0.25) is 9.69 Å². The van der Waals surface area contributed by atoms with E-state index in [-0.39, 0.29) is 12.0 Å². The maximum Gasteiger partial charge on any atom is 0.262 e. The van der Waals surface area contributed by atoms with Crippen LogP contribution in [-0.4, -0.2) is 73.9 Å². The highest BCUT2D eigenvalue weighted by Crippen LogP contribution is 2.34. The van der Waals surface area contributed by atoms with E-state index in [1.165, 1.54) is 0 Å². The fraction of sp³-hybridized carbons (Fsp3) is 0.562. The SMILES string of the molecule is CN1CCN(CCNC(=O)[C@H]2CSc3ccccc3O2)CC1. The molecule has 5 nitrogen and oxygen atoms in total. The zero-order valence-electron chi connectivity index (χ0n) is 13.0. The van der Waals surface area contributed by atoms with E-state index in [4.69, 9.17) is 4.74 Å². The third kappa shape index (κ3) is 3.94. The minimum Gasteiger partial charge on any atom is -0.479 e. The number of ether oxygens (including phenoxy) is 1. The smallest absolute Gasteiger partial charge is 0.262 e. The van der Waals surface area contributed by atoms with Crippen LogP contribution >= 0.6 is 11.8 Å². The van der Waals surface area contributed by atoms with Crippen LogP contribution in [-0.2, 0) is 4.79 Å². The van der Waals surface area contributed by atoms with Gasteiger partial charge in [-0.15, -0.1) is 11.8 Å². The van der Waals surface area contributed by atoms with E-state index in [0.717, 1.165) is 43.4 Å². The highest BCUT2D eigenvalue weighted by atomic mass is 32.2. The Bertz CT molecular complexity index is 518. The van der Waals surface area contributed by atoms with Crippen molar-refractivity contribution in [1.82, 2.24) is 15.1 Å². The lowest BCUT2D eigenvalue weighted by Gasteiger charge is -2.32. The first-order valence-electron chi connectivity index (χ1n) is 7.79. The molecular formula is C16H23N3O2S. The summed E-state index contributed by atoms with van der Waals surface area (Å²) in [5.74, 6) is 1.49. The molecule has 0 aliphatic carbocycles. The average Bonchev–Trinajstić information content (AvgIpc) is 2.56. The standard InChI is InChI=1S/C16H23N3O2S/c1-18-8-10-19(11-9-18)7-6-17-16(20)14-12-22-15-5-3-2-4-13(15)21-14/h2-5,14H,6-12H2,1H3,(H,17,20)/t14-/m1/s1. The van der Waals surface area contributed by atoms with Gasteiger partial charge in [0.15, 0.2) is 6.10 Å². The predicted molar refractivity (Wildman–Crippen MR) is 88.5 cm³/mol. The van der Waals surface area contributed by atoms with E-state index in [2.05, 4.69) is 22.2 Å². The van der Waals surface area contributed by atoms with Gasteiger partial charge in [-0.1, -0.05) is 12.1 Å². The first-order chi connectivity index (χ1) is 10.7. The normalized spacial score (nSPS) is 22.7. The summed E-state index contributed by atoms with van der Waals surface area (Å²) in [5.41, 5.74) is 0. The van der Waals surface area contributed by atoms with Crippen molar-refractivity contribution >= 4 is 17.7 Å². The van der Waals surface area contributed by atoms with Crippen LogP contribution < -0.4 is 10.1 Å². The lowest BCUT2D eigenvalue weighted by atomic mass is 10.3. The third-order valence-corrected chi connectivity index (χ3v) is 5.24. The van der Waals surface area contributed by atoms with Crippen molar-refractivity contribution in [1.29, 1.82) is 0 Å². The molecule has 1 N–H and O–H groups in total. The first-order valence-corrected chi connectivity index (χ1v) is 8.78. The molecule has 0 saturated carbocycles. The number of carbonyl (C=O) groups excluding carboxylic acids is 1. The summed E-state index contributed by atoms with van der Waals surface area (Å²) in [4.78, 5) is 18.1. The minimum atomic E-state index is -0.382. The number of piperazine rings is 1. The number of rotatable bonds is 4. The maximum atomic E-state index is 12.2. The number of carbonyl (C=O) groups is 1. The largest absolute Gasteiger partial charge is 0.479 e. The van der Waals surface area contributed by atoms with Crippen molar-refractivity contribution in [3.05, 3.63) is 24.3 Å². The number of likely N-dealkylation sites (N-methyl/N-ethyl adjacent to an activating group) is 1. The Morgan fingerprint density at radius 3 is 2.91 bits per heavy atom. The number of para-hydroxylation sites is 1. The highest BCUT2D eigenvalue weighted by Gasteiger charge is 2.26. The van der Waals surface area contributed by atoms with Crippen LogP contribution in [0.1, 0.15) is 0 Å². The molecule has 1 aromatic rings. The summed E-state index contributed by atoms with van der Waals surface area (Å²) in [5, 5.41) is 3.01. The molecule has 0 aromatic heterocycles. The molecule has 1 amide bonds. The Morgan fingerprint density at radius 1 is 1.32 bits per heavy atom. The second-order valence-electron chi connectivity index (χ2n) is 5.80. The Morgan fingerprint density at radius 2 is 2.09 bits per heavy atom. The second kappa shape index (κ2) is 7.35. The molecule has 0 spiro atoms. The van der Waals surface area contributed by atoms with Gasteiger partial charge < -0.3 is 15.0 Å². The van der Waals surface area contributed by atoms with Crippen LogP contribution in [0.4, 0.5) is 0 Å². The van der Waals surface area contributed by atoms with E-state index < -0.39 is 0 Å². The number of nitrogens with one attached hydrogen (secondary N) is 1. The monoisotopic (exact) mass is 321 g/mol. The fourth-order valence-electron chi connectivity index (χ4n) is 2.67. The summed E-state index contributed by atoms with van der Waals surface area (Å²) in [6, 6.07) is 7.88. The molecule has 22 heavy (non-hydrogen) atoms. The molecule has 3 rings (SSSR count). The molecule has 6 heteroatoms. The zero-order chi connectivity index (χ0) is 15.4.